The van der Waals surface area contributed by atoms with Crippen molar-refractivity contribution in [3.63, 3.8) is 0 Å². The van der Waals surface area contributed by atoms with Gasteiger partial charge in [0.2, 0.25) is 0 Å². The van der Waals surface area contributed by atoms with E-state index in [9.17, 15) is 10.2 Å². The van der Waals surface area contributed by atoms with Crippen LogP contribution in [0.1, 0.15) is 52.4 Å². The molecule has 1 unspecified atom stereocenters. The van der Waals surface area contributed by atoms with Crippen LogP contribution in [0, 0.1) is 5.41 Å². The Hall–Kier alpha value is -0.280. The molecule has 0 fully saturated rings. The summed E-state index contributed by atoms with van der Waals surface area (Å²) in [5, 5.41) is 20.4. The highest BCUT2D eigenvalue weighted by atomic mass is 79.9. The first-order chi connectivity index (χ1) is 8.45. The molecule has 0 aromatic heterocycles. The monoisotopic (exact) mass is 316 g/mol. The minimum Gasteiger partial charge on any atom is -0.512 e. The lowest BCUT2D eigenvalue weighted by atomic mass is 9.77. The van der Waals surface area contributed by atoms with Gasteiger partial charge in [-0.15, -0.1) is 0 Å². The molecular formula is C15H25BrO2. The molecule has 0 aliphatic heterocycles. The van der Waals surface area contributed by atoms with Gasteiger partial charge in [-0.05, 0) is 29.9 Å². The average Bonchev–Trinajstić information content (AvgIpc) is 2.27. The second-order valence-corrected chi connectivity index (χ2v) is 6.56. The zero-order valence-electron chi connectivity index (χ0n) is 11.5. The van der Waals surface area contributed by atoms with Gasteiger partial charge in [-0.2, -0.15) is 0 Å². The van der Waals surface area contributed by atoms with Gasteiger partial charge in [0.1, 0.15) is 0 Å². The van der Waals surface area contributed by atoms with Gasteiger partial charge in [-0.3, -0.25) is 0 Å². The van der Waals surface area contributed by atoms with Gasteiger partial charge < -0.3 is 10.2 Å². The Kier molecular flexibility index (Phi) is 6.44. The number of alkyl halides is 1. The SMILES string of the molecule is CC(C)(CCCCCCBr)C1=CC(O)CC(O)=C1. The molecule has 0 saturated heterocycles. The van der Waals surface area contributed by atoms with Crippen LogP contribution < -0.4 is 0 Å². The summed E-state index contributed by atoms with van der Waals surface area (Å²) >= 11 is 3.44. The highest BCUT2D eigenvalue weighted by Crippen LogP contribution is 2.36. The van der Waals surface area contributed by atoms with E-state index in [1.165, 1.54) is 25.7 Å². The summed E-state index contributed by atoms with van der Waals surface area (Å²) in [7, 11) is 0. The second-order valence-electron chi connectivity index (χ2n) is 5.77. The van der Waals surface area contributed by atoms with E-state index in [1.807, 2.05) is 12.2 Å². The Labute approximate surface area is 119 Å². The van der Waals surface area contributed by atoms with Gasteiger partial charge in [0.25, 0.3) is 0 Å². The van der Waals surface area contributed by atoms with E-state index in [1.54, 1.807) is 0 Å². The van der Waals surface area contributed by atoms with Crippen LogP contribution in [0.4, 0.5) is 0 Å². The van der Waals surface area contributed by atoms with Crippen LogP contribution >= 0.6 is 15.9 Å². The average molecular weight is 317 g/mol. The molecule has 0 saturated carbocycles. The topological polar surface area (TPSA) is 40.5 Å². The number of aliphatic hydroxyl groups excluding tert-OH is 2. The fourth-order valence-corrected chi connectivity index (χ4v) is 2.74. The van der Waals surface area contributed by atoms with E-state index in [-0.39, 0.29) is 5.41 Å². The van der Waals surface area contributed by atoms with Gasteiger partial charge >= 0.3 is 0 Å². The summed E-state index contributed by atoms with van der Waals surface area (Å²) in [6.45, 7) is 4.37. The lowest BCUT2D eigenvalue weighted by Crippen LogP contribution is -2.20. The van der Waals surface area contributed by atoms with Gasteiger partial charge in [0, 0.05) is 11.8 Å². The molecule has 1 rings (SSSR count). The first-order valence-electron chi connectivity index (χ1n) is 6.81. The Morgan fingerprint density at radius 2 is 1.94 bits per heavy atom. The maximum Gasteiger partial charge on any atom is 0.0954 e. The van der Waals surface area contributed by atoms with Crippen molar-refractivity contribution < 1.29 is 10.2 Å². The van der Waals surface area contributed by atoms with E-state index in [4.69, 9.17) is 0 Å². The summed E-state index contributed by atoms with van der Waals surface area (Å²) < 4.78 is 0. The van der Waals surface area contributed by atoms with Crippen LogP contribution in [0.25, 0.3) is 0 Å². The quantitative estimate of drug-likeness (QED) is 0.536. The number of hydrogen-bond acceptors (Lipinski definition) is 2. The van der Waals surface area contributed by atoms with Gasteiger partial charge in [-0.1, -0.05) is 55.1 Å². The normalized spacial score (nSPS) is 20.6. The van der Waals surface area contributed by atoms with Crippen LogP contribution in [-0.4, -0.2) is 21.6 Å². The predicted molar refractivity (Wildman–Crippen MR) is 80.1 cm³/mol. The van der Waals surface area contributed by atoms with Gasteiger partial charge in [0.05, 0.1) is 11.9 Å². The van der Waals surface area contributed by atoms with Gasteiger partial charge in [-0.25, -0.2) is 0 Å². The van der Waals surface area contributed by atoms with Crippen LogP contribution in [0.5, 0.6) is 0 Å². The Balaban J connectivity index is 2.47. The fourth-order valence-electron chi connectivity index (χ4n) is 2.35. The molecule has 0 heterocycles. The molecule has 0 spiro atoms. The summed E-state index contributed by atoms with van der Waals surface area (Å²) in [5.74, 6) is 0.298. The molecule has 3 heteroatoms. The third-order valence-electron chi connectivity index (χ3n) is 3.58. The first-order valence-corrected chi connectivity index (χ1v) is 7.94. The van der Waals surface area contributed by atoms with Crippen molar-refractivity contribution in [3.05, 3.63) is 23.5 Å². The molecule has 18 heavy (non-hydrogen) atoms. The number of unbranched alkanes of at least 4 members (excludes halogenated alkanes) is 3. The maximum absolute atomic E-state index is 9.67. The standard InChI is InChI=1S/C15H25BrO2/c1-15(2,7-5-3-4-6-8-16)12-9-13(17)11-14(18)10-12/h9-10,13,17-18H,3-8,11H2,1-2H3. The van der Waals surface area contributed by atoms with Crippen molar-refractivity contribution in [3.8, 4) is 0 Å². The zero-order valence-corrected chi connectivity index (χ0v) is 13.0. The van der Waals surface area contributed by atoms with E-state index >= 15 is 0 Å². The number of hydrogen-bond donors (Lipinski definition) is 2. The Morgan fingerprint density at radius 3 is 2.56 bits per heavy atom. The zero-order chi connectivity index (χ0) is 13.6. The third-order valence-corrected chi connectivity index (χ3v) is 4.14. The van der Waals surface area contributed by atoms with Crippen LogP contribution in [-0.2, 0) is 0 Å². The van der Waals surface area contributed by atoms with Crippen LogP contribution in [0.3, 0.4) is 0 Å². The molecular weight excluding hydrogens is 292 g/mol. The molecule has 0 aromatic rings. The van der Waals surface area contributed by atoms with E-state index < -0.39 is 6.10 Å². The van der Waals surface area contributed by atoms with E-state index in [0.29, 0.717) is 12.2 Å². The van der Waals surface area contributed by atoms with Crippen molar-refractivity contribution in [1.82, 2.24) is 0 Å². The highest BCUT2D eigenvalue weighted by Gasteiger charge is 2.25. The minimum atomic E-state index is -0.530. The molecule has 1 atom stereocenters. The minimum absolute atomic E-state index is 0.0315. The lowest BCUT2D eigenvalue weighted by molar-refractivity contribution is 0.194. The molecule has 1 aliphatic rings. The number of rotatable bonds is 7. The highest BCUT2D eigenvalue weighted by molar-refractivity contribution is 9.09. The molecule has 2 N–H and O–H groups in total. The largest absolute Gasteiger partial charge is 0.512 e. The number of halogens is 1. The van der Waals surface area contributed by atoms with Crippen LogP contribution in [0.15, 0.2) is 23.5 Å². The molecule has 0 aromatic carbocycles. The molecule has 1 aliphatic carbocycles. The summed E-state index contributed by atoms with van der Waals surface area (Å²) in [4.78, 5) is 0. The molecule has 0 amide bonds. The van der Waals surface area contributed by atoms with Crippen molar-refractivity contribution in [2.45, 2.75) is 58.5 Å². The van der Waals surface area contributed by atoms with Crippen molar-refractivity contribution >= 4 is 15.9 Å². The third kappa shape index (κ3) is 5.15. The van der Waals surface area contributed by atoms with Crippen molar-refractivity contribution in [1.29, 1.82) is 0 Å². The number of aliphatic hydroxyl groups is 2. The fraction of sp³-hybridized carbons (Fsp3) is 0.733. The molecule has 0 radical (unpaired) electrons. The number of allylic oxidation sites excluding steroid dienone is 2. The van der Waals surface area contributed by atoms with E-state index in [0.717, 1.165) is 17.3 Å². The molecule has 2 nitrogen and oxygen atoms in total. The Bertz CT molecular complexity index is 318. The lowest BCUT2D eigenvalue weighted by Gasteiger charge is -2.29. The second kappa shape index (κ2) is 7.34. The van der Waals surface area contributed by atoms with Crippen molar-refractivity contribution in [2.75, 3.05) is 5.33 Å². The smallest absolute Gasteiger partial charge is 0.0954 e. The molecule has 104 valence electrons. The maximum atomic E-state index is 9.67. The first kappa shape index (κ1) is 15.8. The van der Waals surface area contributed by atoms with Crippen LogP contribution in [0.2, 0.25) is 0 Å². The van der Waals surface area contributed by atoms with Gasteiger partial charge in [0.15, 0.2) is 0 Å². The Morgan fingerprint density at radius 1 is 1.28 bits per heavy atom. The summed E-state index contributed by atoms with van der Waals surface area (Å²) in [6.07, 6.45) is 9.58. The van der Waals surface area contributed by atoms with Crippen molar-refractivity contribution in [2.24, 2.45) is 5.41 Å². The molecule has 0 bridgehead atoms. The van der Waals surface area contributed by atoms with E-state index in [2.05, 4.69) is 29.8 Å². The predicted octanol–water partition coefficient (Wildman–Crippen LogP) is 4.49. The summed E-state index contributed by atoms with van der Waals surface area (Å²) in [6, 6.07) is 0. The summed E-state index contributed by atoms with van der Waals surface area (Å²) in [5.41, 5.74) is 1.10.